The number of thioether (sulfide) groups is 1. The van der Waals surface area contributed by atoms with Crippen LogP contribution in [0.2, 0.25) is 0 Å². The predicted molar refractivity (Wildman–Crippen MR) is 75.2 cm³/mol. The van der Waals surface area contributed by atoms with Crippen LogP contribution in [0.25, 0.3) is 0 Å². The number of aliphatic carboxylic acids is 1. The Morgan fingerprint density at radius 1 is 1.25 bits per heavy atom. The van der Waals surface area contributed by atoms with Crippen LogP contribution in [0.4, 0.5) is 0 Å². The van der Waals surface area contributed by atoms with Crippen molar-refractivity contribution in [2.45, 2.75) is 23.8 Å². The molecule has 7 heteroatoms. The molecule has 1 aromatic carbocycles. The molecule has 1 atom stereocenters. The van der Waals surface area contributed by atoms with Gasteiger partial charge in [0.05, 0.1) is 6.42 Å². The molecule has 20 heavy (non-hydrogen) atoms. The van der Waals surface area contributed by atoms with Crippen LogP contribution in [0.15, 0.2) is 35.2 Å². The fraction of sp³-hybridized carbons (Fsp3) is 0.308. The number of primary amides is 1. The number of carboxylic acids is 1. The average Bonchev–Trinajstić information content (AvgIpc) is 2.38. The summed E-state index contributed by atoms with van der Waals surface area (Å²) in [4.78, 5) is 34.2. The second kappa shape index (κ2) is 8.21. The van der Waals surface area contributed by atoms with E-state index in [1.807, 2.05) is 30.3 Å². The van der Waals surface area contributed by atoms with Gasteiger partial charge in [-0.25, -0.2) is 4.79 Å². The van der Waals surface area contributed by atoms with Crippen LogP contribution in [-0.2, 0) is 14.4 Å². The monoisotopic (exact) mass is 296 g/mol. The molecule has 0 saturated heterocycles. The Labute approximate surface area is 120 Å². The van der Waals surface area contributed by atoms with Crippen molar-refractivity contribution in [3.8, 4) is 0 Å². The first-order valence-corrected chi connectivity index (χ1v) is 6.96. The summed E-state index contributed by atoms with van der Waals surface area (Å²) < 4.78 is 0. The summed E-state index contributed by atoms with van der Waals surface area (Å²) in [6.07, 6.45) is -0.241. The number of carbonyl (C=O) groups excluding carboxylic acids is 2. The van der Waals surface area contributed by atoms with Crippen molar-refractivity contribution < 1.29 is 19.5 Å². The van der Waals surface area contributed by atoms with E-state index in [4.69, 9.17) is 10.8 Å². The van der Waals surface area contributed by atoms with Gasteiger partial charge in [0, 0.05) is 17.1 Å². The van der Waals surface area contributed by atoms with Gasteiger partial charge in [-0.2, -0.15) is 0 Å². The summed E-state index contributed by atoms with van der Waals surface area (Å²) in [6.45, 7) is 0. The third kappa shape index (κ3) is 6.24. The van der Waals surface area contributed by atoms with E-state index in [0.29, 0.717) is 5.75 Å². The second-order valence-corrected chi connectivity index (χ2v) is 5.21. The number of nitrogens with one attached hydrogen (secondary N) is 1. The summed E-state index contributed by atoms with van der Waals surface area (Å²) in [5.41, 5.74) is 4.93. The summed E-state index contributed by atoms with van der Waals surface area (Å²) in [5.74, 6) is -1.93. The first kappa shape index (κ1) is 16.0. The molecule has 0 heterocycles. The van der Waals surface area contributed by atoms with E-state index in [9.17, 15) is 14.4 Å². The minimum Gasteiger partial charge on any atom is -0.480 e. The predicted octanol–water partition coefficient (Wildman–Crippen LogP) is 0.614. The maximum absolute atomic E-state index is 11.6. The van der Waals surface area contributed by atoms with E-state index >= 15 is 0 Å². The molecule has 0 radical (unpaired) electrons. The lowest BCUT2D eigenvalue weighted by Crippen LogP contribution is -2.43. The van der Waals surface area contributed by atoms with E-state index in [1.165, 1.54) is 11.8 Å². The minimum absolute atomic E-state index is 0.169. The molecule has 0 aromatic heterocycles. The number of hydrogen-bond donors (Lipinski definition) is 3. The molecule has 1 rings (SSSR count). The zero-order valence-corrected chi connectivity index (χ0v) is 11.6. The number of amides is 2. The lowest BCUT2D eigenvalue weighted by atomic mass is 10.2. The highest BCUT2D eigenvalue weighted by Gasteiger charge is 2.21. The Morgan fingerprint density at radius 3 is 2.45 bits per heavy atom. The quantitative estimate of drug-likeness (QED) is 0.609. The molecule has 6 nitrogen and oxygen atoms in total. The first-order chi connectivity index (χ1) is 9.49. The third-order valence-corrected chi connectivity index (χ3v) is 3.39. The number of hydrogen-bond acceptors (Lipinski definition) is 4. The van der Waals surface area contributed by atoms with Crippen molar-refractivity contribution in [2.75, 3.05) is 5.75 Å². The molecule has 0 fully saturated rings. The average molecular weight is 296 g/mol. The molecule has 0 aliphatic carbocycles. The highest BCUT2D eigenvalue weighted by molar-refractivity contribution is 7.99. The number of rotatable bonds is 8. The maximum Gasteiger partial charge on any atom is 0.326 e. The van der Waals surface area contributed by atoms with Crippen molar-refractivity contribution in [1.29, 1.82) is 0 Å². The molecule has 0 bridgehead atoms. The molecule has 0 aliphatic rings. The molecule has 0 saturated carbocycles. The summed E-state index contributed by atoms with van der Waals surface area (Å²) in [7, 11) is 0. The van der Waals surface area contributed by atoms with E-state index in [1.54, 1.807) is 0 Å². The molecule has 108 valence electrons. The molecule has 0 spiro atoms. The summed E-state index contributed by atoms with van der Waals surface area (Å²) >= 11 is 1.50. The molecule has 2 amide bonds. The van der Waals surface area contributed by atoms with E-state index < -0.39 is 30.2 Å². The number of benzene rings is 1. The van der Waals surface area contributed by atoms with Crippen LogP contribution < -0.4 is 11.1 Å². The van der Waals surface area contributed by atoms with E-state index in [-0.39, 0.29) is 6.42 Å². The maximum atomic E-state index is 11.6. The minimum atomic E-state index is -1.27. The van der Waals surface area contributed by atoms with Gasteiger partial charge in [-0.05, 0) is 12.1 Å². The van der Waals surface area contributed by atoms with Crippen LogP contribution in [0.1, 0.15) is 12.8 Å². The molecule has 1 unspecified atom stereocenters. The smallest absolute Gasteiger partial charge is 0.326 e. The van der Waals surface area contributed by atoms with Gasteiger partial charge >= 0.3 is 5.97 Å². The lowest BCUT2D eigenvalue weighted by Gasteiger charge is -2.12. The van der Waals surface area contributed by atoms with Gasteiger partial charge in [0.15, 0.2) is 0 Å². The second-order valence-electron chi connectivity index (χ2n) is 4.04. The lowest BCUT2D eigenvalue weighted by molar-refractivity contribution is -0.143. The fourth-order valence-corrected chi connectivity index (χ4v) is 2.32. The number of carboxylic acid groups (broad SMARTS) is 1. The number of nitrogens with two attached hydrogens (primary N) is 1. The van der Waals surface area contributed by atoms with Crippen LogP contribution in [0, 0.1) is 0 Å². The van der Waals surface area contributed by atoms with Gasteiger partial charge in [0.1, 0.15) is 6.04 Å². The van der Waals surface area contributed by atoms with Crippen molar-refractivity contribution in [1.82, 2.24) is 5.32 Å². The van der Waals surface area contributed by atoms with Crippen molar-refractivity contribution in [3.05, 3.63) is 30.3 Å². The van der Waals surface area contributed by atoms with Crippen molar-refractivity contribution in [2.24, 2.45) is 5.73 Å². The SMILES string of the molecule is NC(=O)CC(NC(=O)CCSc1ccccc1)C(=O)O. The van der Waals surface area contributed by atoms with Gasteiger partial charge in [-0.3, -0.25) is 9.59 Å². The summed E-state index contributed by atoms with van der Waals surface area (Å²) in [6, 6.07) is 8.29. The Balaban J connectivity index is 2.35. The van der Waals surface area contributed by atoms with Crippen molar-refractivity contribution in [3.63, 3.8) is 0 Å². The highest BCUT2D eigenvalue weighted by atomic mass is 32.2. The van der Waals surface area contributed by atoms with Gasteiger partial charge < -0.3 is 16.2 Å². The van der Waals surface area contributed by atoms with Gasteiger partial charge in [0.25, 0.3) is 0 Å². The van der Waals surface area contributed by atoms with Crippen LogP contribution in [0.5, 0.6) is 0 Å². The molecular weight excluding hydrogens is 280 g/mol. The largest absolute Gasteiger partial charge is 0.480 e. The normalized spacial score (nSPS) is 11.6. The van der Waals surface area contributed by atoms with Crippen LogP contribution >= 0.6 is 11.8 Å². The Kier molecular flexibility index (Phi) is 6.58. The molecule has 4 N–H and O–H groups in total. The first-order valence-electron chi connectivity index (χ1n) is 5.97. The van der Waals surface area contributed by atoms with E-state index in [2.05, 4.69) is 5.32 Å². The molecule has 1 aromatic rings. The highest BCUT2D eigenvalue weighted by Crippen LogP contribution is 2.17. The van der Waals surface area contributed by atoms with Gasteiger partial charge in [-0.15, -0.1) is 11.8 Å². The van der Waals surface area contributed by atoms with Gasteiger partial charge in [-0.1, -0.05) is 18.2 Å². The third-order valence-electron chi connectivity index (χ3n) is 2.38. The molecule has 0 aliphatic heterocycles. The standard InChI is InChI=1S/C13H16N2O4S/c14-11(16)8-10(13(18)19)15-12(17)6-7-20-9-4-2-1-3-5-9/h1-5,10H,6-8H2,(H2,14,16)(H,15,17)(H,18,19). The topological polar surface area (TPSA) is 109 Å². The van der Waals surface area contributed by atoms with Crippen LogP contribution in [0.3, 0.4) is 0 Å². The fourth-order valence-electron chi connectivity index (χ4n) is 1.45. The van der Waals surface area contributed by atoms with Crippen molar-refractivity contribution >= 4 is 29.5 Å². The Morgan fingerprint density at radius 2 is 1.90 bits per heavy atom. The van der Waals surface area contributed by atoms with E-state index in [0.717, 1.165) is 4.90 Å². The van der Waals surface area contributed by atoms with Gasteiger partial charge in [0.2, 0.25) is 11.8 Å². The Hall–Kier alpha value is -2.02. The summed E-state index contributed by atoms with van der Waals surface area (Å²) in [5, 5.41) is 11.1. The number of carbonyl (C=O) groups is 3. The zero-order chi connectivity index (χ0) is 15.0. The molecular formula is C13H16N2O4S. The Bertz CT molecular complexity index is 479. The van der Waals surface area contributed by atoms with Crippen LogP contribution in [-0.4, -0.2) is 34.7 Å². The zero-order valence-electron chi connectivity index (χ0n) is 10.7.